The van der Waals surface area contributed by atoms with Crippen molar-refractivity contribution in [3.63, 3.8) is 0 Å². The van der Waals surface area contributed by atoms with E-state index in [0.29, 0.717) is 26.9 Å². The molecule has 0 aliphatic carbocycles. The highest BCUT2D eigenvalue weighted by Gasteiger charge is 2.11. The summed E-state index contributed by atoms with van der Waals surface area (Å²) in [5.74, 6) is 0.275. The number of fused-ring (bicyclic) bond motifs is 1. The summed E-state index contributed by atoms with van der Waals surface area (Å²) >= 11 is 0. The van der Waals surface area contributed by atoms with Gasteiger partial charge >= 0.3 is 5.69 Å². The van der Waals surface area contributed by atoms with Crippen molar-refractivity contribution >= 4 is 22.5 Å². The molecule has 3 aromatic heterocycles. The van der Waals surface area contributed by atoms with Crippen molar-refractivity contribution in [2.24, 2.45) is 0 Å². The Bertz CT molecular complexity index is 1260. The topological polar surface area (TPSA) is 117 Å². The van der Waals surface area contributed by atoms with E-state index < -0.39 is 5.69 Å². The minimum absolute atomic E-state index is 0.107. The van der Waals surface area contributed by atoms with Crippen LogP contribution in [-0.2, 0) is 0 Å². The van der Waals surface area contributed by atoms with E-state index in [-0.39, 0.29) is 11.5 Å². The van der Waals surface area contributed by atoms with Gasteiger partial charge in [0.05, 0.1) is 17.0 Å². The van der Waals surface area contributed by atoms with E-state index >= 15 is 0 Å². The Kier molecular flexibility index (Phi) is 3.95. The minimum Gasteiger partial charge on any atom is -0.422 e. The molecule has 0 aliphatic heterocycles. The lowest BCUT2D eigenvalue weighted by Gasteiger charge is -2.11. The van der Waals surface area contributed by atoms with Crippen LogP contribution in [0.5, 0.6) is 0 Å². The number of aromatic nitrogens is 4. The van der Waals surface area contributed by atoms with Crippen LogP contribution in [0.25, 0.3) is 22.2 Å². The molecule has 27 heavy (non-hydrogen) atoms. The van der Waals surface area contributed by atoms with Crippen molar-refractivity contribution in [1.82, 2.24) is 19.7 Å². The standard InChI is InChI=1S/C19H12N6O2/c20-10-13-6-8-21-11-16(13)12-3-1-4-14(9-12)23-17-15-5-2-7-22-18(15)25(27)19(26)24-17/h1-9,11,27H,(H,23,24,26). The lowest BCUT2D eigenvalue weighted by molar-refractivity contribution is 0.182. The van der Waals surface area contributed by atoms with Gasteiger partial charge in [-0.15, -0.1) is 4.73 Å². The molecule has 2 N–H and O–H groups in total. The fourth-order valence-corrected chi connectivity index (χ4v) is 2.76. The first kappa shape index (κ1) is 16.2. The Balaban J connectivity index is 1.79. The highest BCUT2D eigenvalue weighted by Crippen LogP contribution is 2.27. The quantitative estimate of drug-likeness (QED) is 0.542. The molecule has 0 atom stereocenters. The van der Waals surface area contributed by atoms with E-state index in [1.54, 1.807) is 36.7 Å². The summed E-state index contributed by atoms with van der Waals surface area (Å²) in [4.78, 5) is 23.9. The Morgan fingerprint density at radius 1 is 1.15 bits per heavy atom. The second-order valence-electron chi connectivity index (χ2n) is 5.67. The zero-order valence-electron chi connectivity index (χ0n) is 13.9. The maximum Gasteiger partial charge on any atom is 0.384 e. The maximum atomic E-state index is 11.9. The third kappa shape index (κ3) is 2.94. The molecule has 3 heterocycles. The number of nitriles is 1. The van der Waals surface area contributed by atoms with E-state index in [0.717, 1.165) is 5.56 Å². The fourth-order valence-electron chi connectivity index (χ4n) is 2.76. The zero-order chi connectivity index (χ0) is 18.8. The van der Waals surface area contributed by atoms with Gasteiger partial charge in [0.1, 0.15) is 5.82 Å². The molecule has 0 saturated carbocycles. The Morgan fingerprint density at radius 3 is 2.89 bits per heavy atom. The van der Waals surface area contributed by atoms with Crippen LogP contribution in [0.3, 0.4) is 0 Å². The van der Waals surface area contributed by atoms with E-state index in [4.69, 9.17) is 0 Å². The van der Waals surface area contributed by atoms with Gasteiger partial charge < -0.3 is 10.5 Å². The Hall–Kier alpha value is -4.25. The average molecular weight is 356 g/mol. The Labute approximate surface area is 153 Å². The van der Waals surface area contributed by atoms with Crippen molar-refractivity contribution in [2.75, 3.05) is 5.32 Å². The fraction of sp³-hybridized carbons (Fsp3) is 0. The molecule has 4 aromatic rings. The van der Waals surface area contributed by atoms with Gasteiger partial charge in [-0.05, 0) is 35.9 Å². The van der Waals surface area contributed by atoms with Crippen molar-refractivity contribution in [2.45, 2.75) is 0 Å². The first-order valence-electron chi connectivity index (χ1n) is 7.96. The van der Waals surface area contributed by atoms with Crippen molar-refractivity contribution in [3.8, 4) is 17.2 Å². The molecule has 0 radical (unpaired) electrons. The van der Waals surface area contributed by atoms with Crippen molar-refractivity contribution < 1.29 is 5.21 Å². The summed E-state index contributed by atoms with van der Waals surface area (Å²) < 4.78 is 0.409. The molecular formula is C19H12N6O2. The Morgan fingerprint density at radius 2 is 2.04 bits per heavy atom. The van der Waals surface area contributed by atoms with E-state index in [2.05, 4.69) is 26.3 Å². The van der Waals surface area contributed by atoms with E-state index in [9.17, 15) is 15.3 Å². The first-order valence-corrected chi connectivity index (χ1v) is 7.96. The van der Waals surface area contributed by atoms with Crippen molar-refractivity contribution in [3.05, 3.63) is 77.1 Å². The van der Waals surface area contributed by atoms with Gasteiger partial charge in [0.2, 0.25) is 0 Å². The highest BCUT2D eigenvalue weighted by atomic mass is 16.5. The molecule has 0 amide bonds. The lowest BCUT2D eigenvalue weighted by Crippen LogP contribution is -2.23. The maximum absolute atomic E-state index is 11.9. The number of pyridine rings is 2. The summed E-state index contributed by atoms with van der Waals surface area (Å²) in [7, 11) is 0. The average Bonchev–Trinajstić information content (AvgIpc) is 2.72. The molecule has 4 rings (SSSR count). The van der Waals surface area contributed by atoms with Crippen LogP contribution in [0.2, 0.25) is 0 Å². The van der Waals surface area contributed by atoms with Crippen LogP contribution >= 0.6 is 0 Å². The van der Waals surface area contributed by atoms with Crippen LogP contribution < -0.4 is 11.0 Å². The zero-order valence-corrected chi connectivity index (χ0v) is 13.9. The molecule has 0 unspecified atom stereocenters. The van der Waals surface area contributed by atoms with Crippen molar-refractivity contribution in [1.29, 1.82) is 5.26 Å². The monoisotopic (exact) mass is 356 g/mol. The van der Waals surface area contributed by atoms with Gasteiger partial charge in [0.15, 0.2) is 5.65 Å². The molecule has 1 aromatic carbocycles. The number of anilines is 2. The number of rotatable bonds is 3. The van der Waals surface area contributed by atoms with Gasteiger partial charge in [-0.2, -0.15) is 10.2 Å². The SMILES string of the molecule is N#Cc1ccncc1-c1cccc(Nc2nc(=O)n(O)c3ncccc23)c1. The summed E-state index contributed by atoms with van der Waals surface area (Å²) in [6.07, 6.45) is 4.67. The largest absolute Gasteiger partial charge is 0.422 e. The van der Waals surface area contributed by atoms with E-state index in [1.807, 2.05) is 18.2 Å². The summed E-state index contributed by atoms with van der Waals surface area (Å²) in [6, 6.07) is 14.5. The van der Waals surface area contributed by atoms with Crippen LogP contribution in [0.15, 0.2) is 65.8 Å². The summed E-state index contributed by atoms with van der Waals surface area (Å²) in [5.41, 5.74) is 1.94. The molecule has 0 aliphatic rings. The van der Waals surface area contributed by atoms with Crippen LogP contribution in [0, 0.1) is 11.3 Å². The molecule has 0 fully saturated rings. The van der Waals surface area contributed by atoms with Gasteiger partial charge in [0, 0.05) is 29.8 Å². The highest BCUT2D eigenvalue weighted by molar-refractivity contribution is 5.88. The molecule has 130 valence electrons. The second-order valence-corrected chi connectivity index (χ2v) is 5.67. The van der Waals surface area contributed by atoms with E-state index in [1.165, 1.54) is 6.20 Å². The normalized spacial score (nSPS) is 10.5. The molecular weight excluding hydrogens is 344 g/mol. The third-order valence-electron chi connectivity index (χ3n) is 4.01. The van der Waals surface area contributed by atoms with Crippen LogP contribution in [0.4, 0.5) is 11.5 Å². The van der Waals surface area contributed by atoms with Gasteiger partial charge in [-0.3, -0.25) is 4.98 Å². The minimum atomic E-state index is -0.834. The first-order chi connectivity index (χ1) is 13.2. The van der Waals surface area contributed by atoms with Crippen LogP contribution in [0.1, 0.15) is 5.56 Å². The third-order valence-corrected chi connectivity index (χ3v) is 4.01. The van der Waals surface area contributed by atoms with Gasteiger partial charge in [-0.1, -0.05) is 12.1 Å². The molecule has 0 bridgehead atoms. The smallest absolute Gasteiger partial charge is 0.384 e. The molecule has 0 saturated heterocycles. The van der Waals surface area contributed by atoms with Gasteiger partial charge in [0.25, 0.3) is 0 Å². The second kappa shape index (κ2) is 6.57. The number of nitrogens with one attached hydrogen (secondary N) is 1. The predicted molar refractivity (Wildman–Crippen MR) is 98.7 cm³/mol. The number of benzene rings is 1. The van der Waals surface area contributed by atoms with Crippen LogP contribution in [-0.4, -0.2) is 24.9 Å². The number of hydrogen-bond donors (Lipinski definition) is 2. The summed E-state index contributed by atoms with van der Waals surface area (Å²) in [5, 5.41) is 22.7. The number of nitrogens with zero attached hydrogens (tertiary/aromatic N) is 5. The predicted octanol–water partition coefficient (Wildman–Crippen LogP) is 2.71. The van der Waals surface area contributed by atoms with Gasteiger partial charge in [-0.25, -0.2) is 9.78 Å². The molecule has 8 heteroatoms. The molecule has 0 spiro atoms. The molecule has 8 nitrogen and oxygen atoms in total. The number of hydrogen-bond acceptors (Lipinski definition) is 7. The lowest BCUT2D eigenvalue weighted by atomic mass is 10.0. The summed E-state index contributed by atoms with van der Waals surface area (Å²) in [6.45, 7) is 0.